The topological polar surface area (TPSA) is 75.6 Å². The molecular formula is C16H12N4O. The van der Waals surface area contributed by atoms with E-state index in [1.807, 2.05) is 26.0 Å². The number of hydrogen-bond acceptors (Lipinski definition) is 5. The van der Waals surface area contributed by atoms with E-state index in [-0.39, 0.29) is 0 Å². The van der Waals surface area contributed by atoms with Crippen LogP contribution in [0.4, 0.5) is 0 Å². The van der Waals surface area contributed by atoms with E-state index < -0.39 is 0 Å². The molecular weight excluding hydrogens is 264 g/mol. The monoisotopic (exact) mass is 276 g/mol. The molecule has 0 atom stereocenters. The Morgan fingerprint density at radius 3 is 2.67 bits per heavy atom. The Bertz CT molecular complexity index is 845. The van der Waals surface area contributed by atoms with Crippen molar-refractivity contribution in [3.8, 4) is 28.9 Å². The number of aromatic nitrogens is 3. The fourth-order valence-electron chi connectivity index (χ4n) is 2.14. The van der Waals surface area contributed by atoms with Gasteiger partial charge in [0.2, 0.25) is 5.82 Å². The lowest BCUT2D eigenvalue weighted by molar-refractivity contribution is 0.432. The molecule has 102 valence electrons. The molecule has 3 rings (SSSR count). The second kappa shape index (κ2) is 5.17. The van der Waals surface area contributed by atoms with Gasteiger partial charge in [0.25, 0.3) is 5.89 Å². The number of pyridine rings is 1. The average molecular weight is 276 g/mol. The Morgan fingerprint density at radius 2 is 1.95 bits per heavy atom. The van der Waals surface area contributed by atoms with Crippen molar-refractivity contribution in [2.24, 2.45) is 0 Å². The van der Waals surface area contributed by atoms with Crippen LogP contribution in [0.2, 0.25) is 0 Å². The summed E-state index contributed by atoms with van der Waals surface area (Å²) < 4.78 is 5.35. The summed E-state index contributed by atoms with van der Waals surface area (Å²) in [4.78, 5) is 8.49. The van der Waals surface area contributed by atoms with Crippen molar-refractivity contribution < 1.29 is 4.52 Å². The van der Waals surface area contributed by atoms with Gasteiger partial charge >= 0.3 is 0 Å². The Kier molecular flexibility index (Phi) is 3.20. The van der Waals surface area contributed by atoms with Crippen molar-refractivity contribution in [3.63, 3.8) is 0 Å². The predicted molar refractivity (Wildman–Crippen MR) is 77.2 cm³/mol. The van der Waals surface area contributed by atoms with Gasteiger partial charge in [-0.2, -0.15) is 10.2 Å². The predicted octanol–water partition coefficient (Wildman–Crippen LogP) is 3.29. The summed E-state index contributed by atoms with van der Waals surface area (Å²) in [6, 6.07) is 9.33. The quantitative estimate of drug-likeness (QED) is 0.717. The molecule has 0 fully saturated rings. The minimum absolute atomic E-state index is 0.447. The van der Waals surface area contributed by atoms with Crippen molar-refractivity contribution in [3.05, 3.63) is 53.3 Å². The van der Waals surface area contributed by atoms with Crippen LogP contribution >= 0.6 is 0 Å². The van der Waals surface area contributed by atoms with Gasteiger partial charge in [0.15, 0.2) is 0 Å². The molecule has 2 heterocycles. The molecule has 1 aromatic carbocycles. The summed E-state index contributed by atoms with van der Waals surface area (Å²) >= 11 is 0. The molecule has 0 saturated carbocycles. The van der Waals surface area contributed by atoms with E-state index in [0.717, 1.165) is 22.3 Å². The Labute approximate surface area is 121 Å². The van der Waals surface area contributed by atoms with Gasteiger partial charge < -0.3 is 4.52 Å². The molecule has 0 unspecified atom stereocenters. The molecule has 5 heteroatoms. The van der Waals surface area contributed by atoms with E-state index in [1.165, 1.54) is 0 Å². The molecule has 0 bridgehead atoms. The second-order valence-electron chi connectivity index (χ2n) is 4.76. The highest BCUT2D eigenvalue weighted by Crippen LogP contribution is 2.26. The molecule has 0 saturated heterocycles. The first kappa shape index (κ1) is 13.0. The highest BCUT2D eigenvalue weighted by Gasteiger charge is 2.14. The number of hydrogen-bond donors (Lipinski definition) is 0. The number of rotatable bonds is 2. The molecule has 0 radical (unpaired) electrons. The number of nitrogens with zero attached hydrogens (tertiary/aromatic N) is 4. The lowest BCUT2D eigenvalue weighted by atomic mass is 10.1. The zero-order valence-electron chi connectivity index (χ0n) is 11.7. The van der Waals surface area contributed by atoms with E-state index in [1.54, 1.807) is 24.5 Å². The molecule has 0 aliphatic heterocycles. The average Bonchev–Trinajstić information content (AvgIpc) is 2.97. The van der Waals surface area contributed by atoms with Crippen LogP contribution in [0.1, 0.15) is 16.7 Å². The van der Waals surface area contributed by atoms with E-state index in [9.17, 15) is 0 Å². The Hall–Kier alpha value is -3.00. The van der Waals surface area contributed by atoms with Crippen LogP contribution in [0.5, 0.6) is 0 Å². The molecule has 3 aromatic rings. The van der Waals surface area contributed by atoms with Gasteiger partial charge in [0.05, 0.1) is 11.6 Å². The smallest absolute Gasteiger partial charge is 0.258 e. The molecule has 0 amide bonds. The fraction of sp³-hybridized carbons (Fsp3) is 0.125. The van der Waals surface area contributed by atoms with E-state index in [0.29, 0.717) is 17.3 Å². The van der Waals surface area contributed by atoms with Crippen LogP contribution in [0.25, 0.3) is 22.8 Å². The van der Waals surface area contributed by atoms with Gasteiger partial charge in [0.1, 0.15) is 0 Å². The fourth-order valence-corrected chi connectivity index (χ4v) is 2.14. The van der Waals surface area contributed by atoms with Crippen LogP contribution < -0.4 is 0 Å². The zero-order chi connectivity index (χ0) is 14.8. The molecule has 0 aliphatic carbocycles. The van der Waals surface area contributed by atoms with Gasteiger partial charge in [-0.3, -0.25) is 4.98 Å². The molecule has 0 N–H and O–H groups in total. The van der Waals surface area contributed by atoms with Crippen LogP contribution in [0.15, 0.2) is 41.2 Å². The van der Waals surface area contributed by atoms with Crippen molar-refractivity contribution in [2.45, 2.75) is 13.8 Å². The summed E-state index contributed by atoms with van der Waals surface area (Å²) in [5.74, 6) is 0.983. The standard InChI is InChI=1S/C16H12N4O/c1-10-7-12(8-17)3-4-14(10)16-19-15(20-21-16)13-5-6-18-9-11(13)2/h3-7,9H,1-2H3. The van der Waals surface area contributed by atoms with Crippen LogP contribution in [-0.2, 0) is 0 Å². The highest BCUT2D eigenvalue weighted by molar-refractivity contribution is 5.64. The van der Waals surface area contributed by atoms with Crippen LogP contribution in [0.3, 0.4) is 0 Å². The first-order valence-corrected chi connectivity index (χ1v) is 6.45. The largest absolute Gasteiger partial charge is 0.334 e. The summed E-state index contributed by atoms with van der Waals surface area (Å²) in [6.07, 6.45) is 3.46. The van der Waals surface area contributed by atoms with Crippen molar-refractivity contribution in [1.82, 2.24) is 15.1 Å². The summed E-state index contributed by atoms with van der Waals surface area (Å²) in [5.41, 5.74) is 4.25. The SMILES string of the molecule is Cc1cnccc1-c1noc(-c2ccc(C#N)cc2C)n1. The molecule has 0 aliphatic rings. The van der Waals surface area contributed by atoms with Crippen molar-refractivity contribution >= 4 is 0 Å². The maximum atomic E-state index is 8.90. The highest BCUT2D eigenvalue weighted by atomic mass is 16.5. The van der Waals surface area contributed by atoms with E-state index >= 15 is 0 Å². The minimum atomic E-state index is 0.447. The first-order chi connectivity index (χ1) is 10.2. The molecule has 21 heavy (non-hydrogen) atoms. The third-order valence-electron chi connectivity index (χ3n) is 3.27. The van der Waals surface area contributed by atoms with E-state index in [2.05, 4.69) is 21.2 Å². The van der Waals surface area contributed by atoms with Gasteiger partial charge in [-0.05, 0) is 49.2 Å². The molecule has 5 nitrogen and oxygen atoms in total. The van der Waals surface area contributed by atoms with Gasteiger partial charge in [0, 0.05) is 23.5 Å². The lowest BCUT2D eigenvalue weighted by Gasteiger charge is -2.00. The maximum Gasteiger partial charge on any atom is 0.258 e. The minimum Gasteiger partial charge on any atom is -0.334 e. The normalized spacial score (nSPS) is 10.3. The number of aryl methyl sites for hydroxylation is 2. The third kappa shape index (κ3) is 2.39. The summed E-state index contributed by atoms with van der Waals surface area (Å²) in [6.45, 7) is 3.86. The van der Waals surface area contributed by atoms with Crippen molar-refractivity contribution in [1.29, 1.82) is 5.26 Å². The molecule has 0 spiro atoms. The third-order valence-corrected chi connectivity index (χ3v) is 3.27. The Morgan fingerprint density at radius 1 is 1.10 bits per heavy atom. The van der Waals surface area contributed by atoms with Gasteiger partial charge in [-0.1, -0.05) is 5.16 Å². The zero-order valence-corrected chi connectivity index (χ0v) is 11.7. The molecule has 2 aromatic heterocycles. The van der Waals surface area contributed by atoms with Crippen LogP contribution in [-0.4, -0.2) is 15.1 Å². The van der Waals surface area contributed by atoms with E-state index in [4.69, 9.17) is 9.78 Å². The lowest BCUT2D eigenvalue weighted by Crippen LogP contribution is -1.88. The number of nitriles is 1. The number of benzene rings is 1. The second-order valence-corrected chi connectivity index (χ2v) is 4.76. The van der Waals surface area contributed by atoms with Gasteiger partial charge in [-0.15, -0.1) is 0 Å². The van der Waals surface area contributed by atoms with Gasteiger partial charge in [-0.25, -0.2) is 0 Å². The van der Waals surface area contributed by atoms with Crippen LogP contribution in [0, 0.1) is 25.2 Å². The van der Waals surface area contributed by atoms with Crippen molar-refractivity contribution in [2.75, 3.05) is 0 Å². The Balaban J connectivity index is 2.03. The summed E-state index contributed by atoms with van der Waals surface area (Å²) in [5, 5.41) is 12.9. The maximum absolute atomic E-state index is 8.90. The summed E-state index contributed by atoms with van der Waals surface area (Å²) in [7, 11) is 0. The first-order valence-electron chi connectivity index (χ1n) is 6.45.